The maximum Gasteiger partial charge on any atom is 0.259 e. The summed E-state index contributed by atoms with van der Waals surface area (Å²) in [5.74, 6) is 0.840. The van der Waals surface area contributed by atoms with E-state index in [9.17, 15) is 9.59 Å². The lowest BCUT2D eigenvalue weighted by Crippen LogP contribution is -2.49. The molecule has 1 aliphatic rings. The summed E-state index contributed by atoms with van der Waals surface area (Å²) in [6.45, 7) is 5.53. The van der Waals surface area contributed by atoms with Gasteiger partial charge in [-0.05, 0) is 24.1 Å². The van der Waals surface area contributed by atoms with E-state index in [1.165, 1.54) is 5.56 Å². The summed E-state index contributed by atoms with van der Waals surface area (Å²) >= 11 is 1.54. The van der Waals surface area contributed by atoms with Gasteiger partial charge in [0.2, 0.25) is 5.91 Å². The van der Waals surface area contributed by atoms with Crippen LogP contribution in [-0.2, 0) is 17.8 Å². The molecule has 5 rings (SSSR count). The predicted octanol–water partition coefficient (Wildman–Crippen LogP) is 3.85. The molecule has 1 aliphatic heterocycles. The van der Waals surface area contributed by atoms with Gasteiger partial charge in [0.1, 0.15) is 10.7 Å². The van der Waals surface area contributed by atoms with Gasteiger partial charge >= 0.3 is 0 Å². The predicted molar refractivity (Wildman–Crippen MR) is 132 cm³/mol. The topological polar surface area (TPSA) is 69.3 Å². The lowest BCUT2D eigenvalue weighted by molar-refractivity contribution is -0.132. The summed E-state index contributed by atoms with van der Waals surface area (Å²) in [6.07, 6.45) is 0.438. The first-order valence-electron chi connectivity index (χ1n) is 11.2. The van der Waals surface area contributed by atoms with Gasteiger partial charge in [-0.1, -0.05) is 60.2 Å². The number of aromatic nitrogens is 2. The van der Waals surface area contributed by atoms with E-state index in [0.717, 1.165) is 33.9 Å². The van der Waals surface area contributed by atoms with Crippen molar-refractivity contribution in [3.05, 3.63) is 88.0 Å². The number of fused-ring (bicyclic) bond motifs is 1. The minimum Gasteiger partial charge on any atom is -0.340 e. The second kappa shape index (κ2) is 9.29. The quantitative estimate of drug-likeness (QED) is 0.493. The molecule has 2 aromatic heterocycles. The summed E-state index contributed by atoms with van der Waals surface area (Å²) < 4.78 is 0. The molecule has 168 valence electrons. The number of benzene rings is 2. The van der Waals surface area contributed by atoms with Crippen LogP contribution in [0.25, 0.3) is 20.7 Å². The number of carbonyl (C=O) groups is 1. The monoisotopic (exact) mass is 458 g/mol. The molecule has 0 radical (unpaired) electrons. The number of hydrogen-bond acceptors (Lipinski definition) is 5. The summed E-state index contributed by atoms with van der Waals surface area (Å²) in [4.78, 5) is 39.0. The minimum absolute atomic E-state index is 0.0969. The molecule has 0 saturated carbocycles. The summed E-state index contributed by atoms with van der Waals surface area (Å²) in [7, 11) is 0. The zero-order valence-corrected chi connectivity index (χ0v) is 19.4. The van der Waals surface area contributed by atoms with Gasteiger partial charge in [0.15, 0.2) is 0 Å². The van der Waals surface area contributed by atoms with Crippen LogP contribution in [0.15, 0.2) is 65.5 Å². The van der Waals surface area contributed by atoms with Crippen molar-refractivity contribution in [1.29, 1.82) is 0 Å². The molecular weight excluding hydrogens is 432 g/mol. The van der Waals surface area contributed by atoms with Crippen LogP contribution in [-0.4, -0.2) is 51.9 Å². The van der Waals surface area contributed by atoms with Crippen molar-refractivity contribution in [1.82, 2.24) is 19.8 Å². The van der Waals surface area contributed by atoms with E-state index in [-0.39, 0.29) is 11.5 Å². The van der Waals surface area contributed by atoms with Crippen molar-refractivity contribution in [2.24, 2.45) is 0 Å². The Labute approximate surface area is 196 Å². The molecule has 1 amide bonds. The molecule has 0 unspecified atom stereocenters. The lowest BCUT2D eigenvalue weighted by atomic mass is 10.1. The fraction of sp³-hybridized carbons (Fsp3) is 0.269. The van der Waals surface area contributed by atoms with E-state index in [1.807, 2.05) is 72.5 Å². The fourth-order valence-corrected chi connectivity index (χ4v) is 5.21. The van der Waals surface area contributed by atoms with Crippen LogP contribution < -0.4 is 5.56 Å². The van der Waals surface area contributed by atoms with Gasteiger partial charge in [0.25, 0.3) is 5.56 Å². The molecule has 6 nitrogen and oxygen atoms in total. The number of aryl methyl sites for hydroxylation is 1. The highest BCUT2D eigenvalue weighted by Crippen LogP contribution is 2.30. The Hall–Kier alpha value is -3.29. The Bertz CT molecular complexity index is 1320. The number of rotatable bonds is 5. The van der Waals surface area contributed by atoms with Crippen molar-refractivity contribution in [2.45, 2.75) is 19.9 Å². The van der Waals surface area contributed by atoms with E-state index >= 15 is 0 Å². The SMILES string of the molecule is Cc1ccc(CC(=O)N2CCN(Cc3nc4sc(-c5ccccc5)cc4c(=O)[nH]3)CC2)cc1. The minimum atomic E-state index is -0.0969. The van der Waals surface area contributed by atoms with Crippen molar-refractivity contribution >= 4 is 27.5 Å². The number of aromatic amines is 1. The van der Waals surface area contributed by atoms with E-state index in [2.05, 4.69) is 9.88 Å². The summed E-state index contributed by atoms with van der Waals surface area (Å²) in [6, 6.07) is 20.1. The third-order valence-electron chi connectivity index (χ3n) is 6.08. The molecule has 0 bridgehead atoms. The highest BCUT2D eigenvalue weighted by Gasteiger charge is 2.22. The third kappa shape index (κ3) is 4.89. The number of carbonyl (C=O) groups excluding carboxylic acids is 1. The number of nitrogens with zero attached hydrogens (tertiary/aromatic N) is 3. The molecule has 1 saturated heterocycles. The second-order valence-corrected chi connectivity index (χ2v) is 9.56. The number of thiophene rings is 1. The van der Waals surface area contributed by atoms with E-state index in [4.69, 9.17) is 4.98 Å². The van der Waals surface area contributed by atoms with Crippen LogP contribution in [0.2, 0.25) is 0 Å². The zero-order valence-electron chi connectivity index (χ0n) is 18.6. The number of nitrogens with one attached hydrogen (secondary N) is 1. The average molecular weight is 459 g/mol. The Balaban J connectivity index is 1.22. The van der Waals surface area contributed by atoms with Gasteiger partial charge in [-0.3, -0.25) is 14.5 Å². The molecule has 2 aromatic carbocycles. The molecule has 0 atom stereocenters. The molecule has 3 heterocycles. The molecule has 0 spiro atoms. The molecular formula is C26H26N4O2S. The summed E-state index contributed by atoms with van der Waals surface area (Å²) in [5, 5.41) is 0.633. The van der Waals surface area contributed by atoms with Crippen LogP contribution in [0.4, 0.5) is 0 Å². The number of hydrogen-bond donors (Lipinski definition) is 1. The first-order valence-corrected chi connectivity index (χ1v) is 12.0. The lowest BCUT2D eigenvalue weighted by Gasteiger charge is -2.34. The molecule has 4 aromatic rings. The standard InChI is InChI=1S/C26H26N4O2S/c1-18-7-9-19(10-8-18)15-24(31)30-13-11-29(12-14-30)17-23-27-25(32)21-16-22(33-26(21)28-23)20-5-3-2-4-6-20/h2-10,16H,11-15,17H2,1H3,(H,27,28,32). The second-order valence-electron chi connectivity index (χ2n) is 8.53. The maximum atomic E-state index is 12.7. The number of H-pyrrole nitrogens is 1. The molecule has 7 heteroatoms. The molecule has 0 aliphatic carbocycles. The normalized spacial score (nSPS) is 14.6. The zero-order chi connectivity index (χ0) is 22.8. The van der Waals surface area contributed by atoms with Crippen LogP contribution in [0.5, 0.6) is 0 Å². The van der Waals surface area contributed by atoms with Crippen molar-refractivity contribution in [3.8, 4) is 10.4 Å². The first-order chi connectivity index (χ1) is 16.0. The highest BCUT2D eigenvalue weighted by molar-refractivity contribution is 7.21. The van der Waals surface area contributed by atoms with Gasteiger partial charge in [0, 0.05) is 31.1 Å². The van der Waals surface area contributed by atoms with Gasteiger partial charge in [-0.25, -0.2) is 4.98 Å². The largest absolute Gasteiger partial charge is 0.340 e. The summed E-state index contributed by atoms with van der Waals surface area (Å²) in [5.41, 5.74) is 3.24. The average Bonchev–Trinajstić information content (AvgIpc) is 3.26. The fourth-order valence-electron chi connectivity index (χ4n) is 4.16. The van der Waals surface area contributed by atoms with Crippen LogP contribution >= 0.6 is 11.3 Å². The van der Waals surface area contributed by atoms with E-state index in [0.29, 0.717) is 37.3 Å². The van der Waals surface area contributed by atoms with Crippen LogP contribution in [0, 0.1) is 6.92 Å². The van der Waals surface area contributed by atoms with Gasteiger partial charge in [0.05, 0.1) is 18.4 Å². The molecule has 33 heavy (non-hydrogen) atoms. The maximum absolute atomic E-state index is 12.7. The van der Waals surface area contributed by atoms with E-state index in [1.54, 1.807) is 11.3 Å². The Morgan fingerprint density at radius 1 is 1.03 bits per heavy atom. The smallest absolute Gasteiger partial charge is 0.259 e. The van der Waals surface area contributed by atoms with Gasteiger partial charge < -0.3 is 9.88 Å². The Kier molecular flexibility index (Phi) is 6.07. The van der Waals surface area contributed by atoms with Crippen LogP contribution in [0.3, 0.4) is 0 Å². The van der Waals surface area contributed by atoms with Crippen molar-refractivity contribution < 1.29 is 4.79 Å². The van der Waals surface area contributed by atoms with Crippen LogP contribution in [0.1, 0.15) is 17.0 Å². The Morgan fingerprint density at radius 3 is 2.48 bits per heavy atom. The number of piperazine rings is 1. The highest BCUT2D eigenvalue weighted by atomic mass is 32.1. The Morgan fingerprint density at radius 2 is 1.76 bits per heavy atom. The first kappa shape index (κ1) is 21.6. The van der Waals surface area contributed by atoms with Gasteiger partial charge in [-0.15, -0.1) is 11.3 Å². The third-order valence-corrected chi connectivity index (χ3v) is 7.16. The molecule has 1 N–H and O–H groups in total. The van der Waals surface area contributed by atoms with E-state index < -0.39 is 0 Å². The van der Waals surface area contributed by atoms with Crippen molar-refractivity contribution in [3.63, 3.8) is 0 Å². The van der Waals surface area contributed by atoms with Crippen molar-refractivity contribution in [2.75, 3.05) is 26.2 Å². The molecule has 1 fully saturated rings. The van der Waals surface area contributed by atoms with Gasteiger partial charge in [-0.2, -0.15) is 0 Å². The number of amides is 1.